The van der Waals surface area contributed by atoms with Crippen molar-refractivity contribution >= 4 is 17.1 Å². The maximum Gasteiger partial charge on any atom is 0.424 e. The molecule has 0 saturated carbocycles. The number of hydrogen-bond acceptors (Lipinski definition) is 5. The third-order valence-corrected chi connectivity index (χ3v) is 4.35. The molecule has 3 rings (SSSR count). The van der Waals surface area contributed by atoms with Gasteiger partial charge in [0.2, 0.25) is 0 Å². The number of nitrogens with zero attached hydrogens (tertiary/aromatic N) is 3. The monoisotopic (exact) mass is 321 g/mol. The number of halogens is 1. The molecular formula is C16H20FN3O3. The quantitative estimate of drug-likeness (QED) is 0.869. The molecule has 7 heteroatoms. The SMILES string of the molecule is CCN(C(=O)OC)N1CCC(c2noc3cc(F)ccc23)CC1. The number of methoxy groups -OCH3 is 1. The van der Waals surface area contributed by atoms with Gasteiger partial charge in [0, 0.05) is 37.0 Å². The van der Waals surface area contributed by atoms with E-state index in [-0.39, 0.29) is 17.8 Å². The molecule has 2 aromatic rings. The molecule has 1 amide bonds. The third kappa shape index (κ3) is 3.01. The second-order valence-corrected chi connectivity index (χ2v) is 5.62. The van der Waals surface area contributed by atoms with Crippen molar-refractivity contribution in [3.63, 3.8) is 0 Å². The van der Waals surface area contributed by atoms with Crippen molar-refractivity contribution in [1.82, 2.24) is 15.2 Å². The second kappa shape index (κ2) is 6.54. The van der Waals surface area contributed by atoms with Gasteiger partial charge in [0.15, 0.2) is 5.58 Å². The van der Waals surface area contributed by atoms with Crippen molar-refractivity contribution in [2.75, 3.05) is 26.7 Å². The fourth-order valence-electron chi connectivity index (χ4n) is 3.16. The van der Waals surface area contributed by atoms with E-state index in [1.165, 1.54) is 19.2 Å². The summed E-state index contributed by atoms with van der Waals surface area (Å²) in [5.41, 5.74) is 1.35. The van der Waals surface area contributed by atoms with Crippen LogP contribution < -0.4 is 0 Å². The summed E-state index contributed by atoms with van der Waals surface area (Å²) in [5, 5.41) is 8.62. The molecule has 1 aliphatic rings. The zero-order chi connectivity index (χ0) is 16.4. The zero-order valence-corrected chi connectivity index (χ0v) is 13.3. The highest BCUT2D eigenvalue weighted by Gasteiger charge is 2.29. The summed E-state index contributed by atoms with van der Waals surface area (Å²) in [6, 6.07) is 4.50. The fourth-order valence-corrected chi connectivity index (χ4v) is 3.16. The van der Waals surface area contributed by atoms with Crippen molar-refractivity contribution in [2.24, 2.45) is 0 Å². The van der Waals surface area contributed by atoms with E-state index in [9.17, 15) is 9.18 Å². The predicted octanol–water partition coefficient (Wildman–Crippen LogP) is 3.15. The second-order valence-electron chi connectivity index (χ2n) is 5.62. The normalized spacial score (nSPS) is 16.7. The van der Waals surface area contributed by atoms with Crippen LogP contribution in [-0.2, 0) is 4.74 Å². The molecule has 23 heavy (non-hydrogen) atoms. The molecule has 0 N–H and O–H groups in total. The summed E-state index contributed by atoms with van der Waals surface area (Å²) in [6.07, 6.45) is 1.37. The summed E-state index contributed by atoms with van der Waals surface area (Å²) >= 11 is 0. The first-order chi connectivity index (χ1) is 11.1. The summed E-state index contributed by atoms with van der Waals surface area (Å²) in [5.74, 6) is -0.0824. The minimum Gasteiger partial charge on any atom is -0.452 e. The lowest BCUT2D eigenvalue weighted by molar-refractivity contribution is -0.0283. The minimum absolute atomic E-state index is 0.245. The first-order valence-electron chi connectivity index (χ1n) is 7.79. The molecule has 6 nitrogen and oxygen atoms in total. The van der Waals surface area contributed by atoms with Gasteiger partial charge in [-0.05, 0) is 31.9 Å². The largest absolute Gasteiger partial charge is 0.452 e. The number of carbonyl (C=O) groups excluding carboxylic acids is 1. The van der Waals surface area contributed by atoms with Crippen LogP contribution in [0.15, 0.2) is 22.7 Å². The molecule has 1 saturated heterocycles. The molecular weight excluding hydrogens is 301 g/mol. The molecule has 0 aliphatic carbocycles. The van der Waals surface area contributed by atoms with E-state index in [1.54, 1.807) is 11.1 Å². The van der Waals surface area contributed by atoms with Crippen molar-refractivity contribution in [3.05, 3.63) is 29.7 Å². The smallest absolute Gasteiger partial charge is 0.424 e. The summed E-state index contributed by atoms with van der Waals surface area (Å²) < 4.78 is 23.3. The van der Waals surface area contributed by atoms with Crippen molar-refractivity contribution < 1.29 is 18.4 Å². The van der Waals surface area contributed by atoms with E-state index in [4.69, 9.17) is 9.26 Å². The lowest BCUT2D eigenvalue weighted by atomic mass is 9.92. The van der Waals surface area contributed by atoms with Gasteiger partial charge in [0.05, 0.1) is 12.8 Å². The lowest BCUT2D eigenvalue weighted by Gasteiger charge is -2.37. The van der Waals surface area contributed by atoms with Crippen LogP contribution in [0.3, 0.4) is 0 Å². The van der Waals surface area contributed by atoms with Gasteiger partial charge in [-0.3, -0.25) is 0 Å². The van der Waals surface area contributed by atoms with E-state index < -0.39 is 0 Å². The van der Waals surface area contributed by atoms with Crippen LogP contribution in [0.2, 0.25) is 0 Å². The Bertz CT molecular complexity index is 695. The van der Waals surface area contributed by atoms with Crippen LogP contribution in [0, 0.1) is 5.82 Å². The minimum atomic E-state index is -0.340. The molecule has 2 heterocycles. The molecule has 0 bridgehead atoms. The predicted molar refractivity (Wildman–Crippen MR) is 82.3 cm³/mol. The van der Waals surface area contributed by atoms with Crippen LogP contribution >= 0.6 is 0 Å². The number of carbonyl (C=O) groups is 1. The topological polar surface area (TPSA) is 58.8 Å². The maximum absolute atomic E-state index is 13.2. The fraction of sp³-hybridized carbons (Fsp3) is 0.500. The van der Waals surface area contributed by atoms with E-state index in [0.29, 0.717) is 12.1 Å². The molecule has 0 radical (unpaired) electrons. The third-order valence-electron chi connectivity index (χ3n) is 4.35. The zero-order valence-electron chi connectivity index (χ0n) is 13.3. The maximum atomic E-state index is 13.2. The Balaban J connectivity index is 1.72. The van der Waals surface area contributed by atoms with Crippen LogP contribution in [0.1, 0.15) is 31.4 Å². The number of amides is 1. The highest BCUT2D eigenvalue weighted by atomic mass is 19.1. The Morgan fingerprint density at radius 1 is 1.48 bits per heavy atom. The highest BCUT2D eigenvalue weighted by Crippen LogP contribution is 2.33. The van der Waals surface area contributed by atoms with Gasteiger partial charge in [-0.2, -0.15) is 0 Å². The lowest BCUT2D eigenvalue weighted by Crippen LogP contribution is -2.49. The van der Waals surface area contributed by atoms with Gasteiger partial charge >= 0.3 is 6.09 Å². The Morgan fingerprint density at radius 2 is 2.22 bits per heavy atom. The summed E-state index contributed by atoms with van der Waals surface area (Å²) in [6.45, 7) is 3.97. The molecule has 0 atom stereocenters. The van der Waals surface area contributed by atoms with Crippen LogP contribution in [0.4, 0.5) is 9.18 Å². The molecule has 1 fully saturated rings. The Labute approximate surface area is 133 Å². The number of ether oxygens (including phenoxy) is 1. The molecule has 0 unspecified atom stereocenters. The van der Waals surface area contributed by atoms with Gasteiger partial charge in [0.1, 0.15) is 5.82 Å². The highest BCUT2D eigenvalue weighted by molar-refractivity contribution is 5.79. The van der Waals surface area contributed by atoms with E-state index in [1.807, 2.05) is 11.9 Å². The van der Waals surface area contributed by atoms with Crippen LogP contribution in [0.5, 0.6) is 0 Å². The Kier molecular flexibility index (Phi) is 4.47. The molecule has 1 aromatic carbocycles. The van der Waals surface area contributed by atoms with Gasteiger partial charge in [0.25, 0.3) is 0 Å². The van der Waals surface area contributed by atoms with Crippen molar-refractivity contribution in [1.29, 1.82) is 0 Å². The van der Waals surface area contributed by atoms with E-state index in [2.05, 4.69) is 5.16 Å². The number of rotatable bonds is 3. The number of aromatic nitrogens is 1. The number of hydrazine groups is 1. The molecule has 1 aromatic heterocycles. The number of hydrogen-bond donors (Lipinski definition) is 0. The van der Waals surface area contributed by atoms with Gasteiger partial charge < -0.3 is 9.26 Å². The Hall–Kier alpha value is -2.15. The average molecular weight is 321 g/mol. The number of piperidine rings is 1. The molecule has 1 aliphatic heterocycles. The molecule has 124 valence electrons. The number of fused-ring (bicyclic) bond motifs is 1. The van der Waals surface area contributed by atoms with E-state index in [0.717, 1.165) is 37.0 Å². The van der Waals surface area contributed by atoms with Crippen LogP contribution in [-0.4, -0.2) is 48.0 Å². The van der Waals surface area contributed by atoms with Gasteiger partial charge in [-0.1, -0.05) is 5.16 Å². The van der Waals surface area contributed by atoms with Gasteiger partial charge in [-0.25, -0.2) is 19.2 Å². The Morgan fingerprint density at radius 3 is 2.87 bits per heavy atom. The standard InChI is InChI=1S/C16H20FN3O3/c1-3-20(16(21)22-2)19-8-6-11(7-9-19)15-13-5-4-12(17)10-14(13)23-18-15/h4-5,10-11H,3,6-9H2,1-2H3. The van der Waals surface area contributed by atoms with Gasteiger partial charge in [-0.15, -0.1) is 0 Å². The average Bonchev–Trinajstić information content (AvgIpc) is 2.99. The van der Waals surface area contributed by atoms with Crippen molar-refractivity contribution in [3.8, 4) is 0 Å². The summed E-state index contributed by atoms with van der Waals surface area (Å²) in [7, 11) is 1.39. The van der Waals surface area contributed by atoms with Crippen molar-refractivity contribution in [2.45, 2.75) is 25.7 Å². The number of benzene rings is 1. The first kappa shape index (κ1) is 15.7. The van der Waals surface area contributed by atoms with E-state index >= 15 is 0 Å². The molecule has 0 spiro atoms. The van der Waals surface area contributed by atoms with Crippen LogP contribution in [0.25, 0.3) is 11.0 Å². The summed E-state index contributed by atoms with van der Waals surface area (Å²) in [4.78, 5) is 11.8. The first-order valence-corrected chi connectivity index (χ1v) is 7.79.